The van der Waals surface area contributed by atoms with E-state index in [1.807, 2.05) is 24.3 Å². The number of aromatic nitrogens is 2. The van der Waals surface area contributed by atoms with E-state index in [0.717, 1.165) is 38.2 Å². The van der Waals surface area contributed by atoms with Gasteiger partial charge in [-0.15, -0.1) is 17.9 Å². The van der Waals surface area contributed by atoms with Gasteiger partial charge in [-0.3, -0.25) is 10.4 Å². The van der Waals surface area contributed by atoms with E-state index in [9.17, 15) is 10.4 Å². The molecule has 24 heavy (non-hydrogen) atoms. The molecule has 1 aliphatic carbocycles. The van der Waals surface area contributed by atoms with Crippen LogP contribution in [0.2, 0.25) is 0 Å². The third kappa shape index (κ3) is 1.78. The highest BCUT2D eigenvalue weighted by molar-refractivity contribution is 7.80. The van der Waals surface area contributed by atoms with Crippen LogP contribution in [0.3, 0.4) is 0 Å². The van der Waals surface area contributed by atoms with E-state index >= 15 is 0 Å². The highest BCUT2D eigenvalue weighted by Crippen LogP contribution is 2.46. The molecular formula is C18H11N3O2S. The summed E-state index contributed by atoms with van der Waals surface area (Å²) in [6.45, 7) is 0. The fourth-order valence-electron chi connectivity index (χ4n) is 3.34. The second kappa shape index (κ2) is 4.67. The van der Waals surface area contributed by atoms with Gasteiger partial charge in [0.2, 0.25) is 0 Å². The van der Waals surface area contributed by atoms with Gasteiger partial charge in [-0.1, -0.05) is 18.2 Å². The van der Waals surface area contributed by atoms with Crippen LogP contribution in [0, 0.1) is 0 Å². The zero-order valence-corrected chi connectivity index (χ0v) is 13.2. The Labute approximate surface area is 142 Å². The number of rotatable bonds is 1. The van der Waals surface area contributed by atoms with Crippen molar-refractivity contribution in [2.24, 2.45) is 0 Å². The van der Waals surface area contributed by atoms with Crippen LogP contribution in [0.5, 0.6) is 0 Å². The monoisotopic (exact) mass is 333 g/mol. The van der Waals surface area contributed by atoms with Gasteiger partial charge >= 0.3 is 0 Å². The average Bonchev–Trinajstić information content (AvgIpc) is 2.87. The van der Waals surface area contributed by atoms with Crippen molar-refractivity contribution in [3.8, 4) is 22.5 Å². The first-order valence-corrected chi connectivity index (χ1v) is 7.83. The molecule has 0 saturated heterocycles. The Morgan fingerprint density at radius 3 is 2.46 bits per heavy atom. The van der Waals surface area contributed by atoms with Crippen molar-refractivity contribution in [3.63, 3.8) is 0 Å². The highest BCUT2D eigenvalue weighted by atomic mass is 32.1. The molecule has 1 aromatic heterocycles. The lowest BCUT2D eigenvalue weighted by Crippen LogP contribution is -2.10. The number of benzene rings is 3. The predicted octanol–water partition coefficient (Wildman–Crippen LogP) is 4.30. The summed E-state index contributed by atoms with van der Waals surface area (Å²) in [7, 11) is 0. The van der Waals surface area contributed by atoms with E-state index in [2.05, 4.69) is 18.7 Å². The zero-order chi connectivity index (χ0) is 16.4. The van der Waals surface area contributed by atoms with E-state index in [1.165, 1.54) is 0 Å². The number of hydrogen-bond donors (Lipinski definition) is 3. The first-order chi connectivity index (χ1) is 11.6. The van der Waals surface area contributed by atoms with Crippen LogP contribution in [-0.2, 0) is 0 Å². The van der Waals surface area contributed by atoms with Gasteiger partial charge in [0, 0.05) is 21.4 Å². The SMILES string of the molecule is ON(O)c1ccc2nc3c(nc2c1)-c1cccc2cc(S)cc-3c12. The molecule has 0 radical (unpaired) electrons. The summed E-state index contributed by atoms with van der Waals surface area (Å²) in [5, 5.41) is 20.7. The third-order valence-electron chi connectivity index (χ3n) is 4.35. The maximum Gasteiger partial charge on any atom is 0.0980 e. The molecule has 1 aliphatic rings. The molecule has 0 saturated carbocycles. The van der Waals surface area contributed by atoms with Crippen LogP contribution in [0.4, 0.5) is 5.69 Å². The van der Waals surface area contributed by atoms with Gasteiger partial charge in [0.15, 0.2) is 0 Å². The topological polar surface area (TPSA) is 69.5 Å². The van der Waals surface area contributed by atoms with Crippen LogP contribution in [0.1, 0.15) is 0 Å². The standard InChI is InChI=1S/C18H11N3O2S/c22-21(23)10-4-5-14-15(7-10)20-17-12-3-1-2-9-6-11(24)8-13(16(9)12)18(17)19-14/h1-8,22-24H. The summed E-state index contributed by atoms with van der Waals surface area (Å²) >= 11 is 4.50. The molecule has 0 unspecified atom stereocenters. The van der Waals surface area contributed by atoms with Crippen molar-refractivity contribution >= 4 is 40.1 Å². The number of nitrogens with zero attached hydrogens (tertiary/aromatic N) is 3. The van der Waals surface area contributed by atoms with Crippen LogP contribution in [0.15, 0.2) is 53.4 Å². The van der Waals surface area contributed by atoms with Crippen molar-refractivity contribution in [2.75, 3.05) is 5.23 Å². The number of hydrogen-bond acceptors (Lipinski definition) is 6. The molecule has 6 heteroatoms. The van der Waals surface area contributed by atoms with Crippen molar-refractivity contribution in [1.82, 2.24) is 9.97 Å². The Bertz CT molecular complexity index is 1160. The fourth-order valence-corrected chi connectivity index (χ4v) is 3.61. The minimum Gasteiger partial charge on any atom is -0.264 e. The largest absolute Gasteiger partial charge is 0.264 e. The van der Waals surface area contributed by atoms with E-state index in [-0.39, 0.29) is 10.9 Å². The molecule has 4 aromatic rings. The quantitative estimate of drug-likeness (QED) is 0.315. The minimum absolute atomic E-state index is 0.0804. The first kappa shape index (κ1) is 13.7. The molecule has 0 amide bonds. The second-order valence-corrected chi connectivity index (χ2v) is 6.30. The number of fused-ring (bicyclic) bond motifs is 4. The zero-order valence-electron chi connectivity index (χ0n) is 12.3. The third-order valence-corrected chi connectivity index (χ3v) is 4.61. The van der Waals surface area contributed by atoms with E-state index < -0.39 is 0 Å². The van der Waals surface area contributed by atoms with Crippen molar-refractivity contribution in [1.29, 1.82) is 0 Å². The summed E-state index contributed by atoms with van der Waals surface area (Å²) in [6.07, 6.45) is 0. The van der Waals surface area contributed by atoms with Gasteiger partial charge in [0.05, 0.1) is 28.1 Å². The van der Waals surface area contributed by atoms with Crippen molar-refractivity contribution in [2.45, 2.75) is 4.90 Å². The molecule has 1 heterocycles. The molecule has 5 nitrogen and oxygen atoms in total. The fraction of sp³-hybridized carbons (Fsp3) is 0. The van der Waals surface area contributed by atoms with Gasteiger partial charge < -0.3 is 0 Å². The summed E-state index contributed by atoms with van der Waals surface area (Å²) in [4.78, 5) is 10.4. The molecule has 0 spiro atoms. The van der Waals surface area contributed by atoms with Gasteiger partial charge in [-0.2, -0.15) is 0 Å². The Hall–Kier alpha value is -2.67. The maximum absolute atomic E-state index is 9.20. The number of anilines is 1. The summed E-state index contributed by atoms with van der Waals surface area (Å²) in [5.41, 5.74) is 5.26. The summed E-state index contributed by atoms with van der Waals surface area (Å²) in [6, 6.07) is 15.0. The number of thiol groups is 1. The van der Waals surface area contributed by atoms with E-state index in [0.29, 0.717) is 11.0 Å². The molecule has 2 N–H and O–H groups in total. The van der Waals surface area contributed by atoms with Gasteiger partial charge in [-0.05, 0) is 35.7 Å². The molecule has 5 rings (SSSR count). The molecule has 3 aromatic carbocycles. The van der Waals surface area contributed by atoms with Crippen LogP contribution in [0.25, 0.3) is 44.3 Å². The Kier molecular flexibility index (Phi) is 2.67. The molecule has 116 valence electrons. The first-order valence-electron chi connectivity index (χ1n) is 7.38. The molecule has 0 aliphatic heterocycles. The Balaban J connectivity index is 1.88. The van der Waals surface area contributed by atoms with Crippen LogP contribution >= 0.6 is 12.6 Å². The second-order valence-electron chi connectivity index (χ2n) is 5.78. The normalized spacial score (nSPS) is 12.0. The Morgan fingerprint density at radius 2 is 1.62 bits per heavy atom. The molecular weight excluding hydrogens is 322 g/mol. The Morgan fingerprint density at radius 1 is 0.833 bits per heavy atom. The van der Waals surface area contributed by atoms with Gasteiger partial charge in [0.1, 0.15) is 0 Å². The molecule has 0 fully saturated rings. The van der Waals surface area contributed by atoms with Gasteiger partial charge in [-0.25, -0.2) is 9.97 Å². The lowest BCUT2D eigenvalue weighted by molar-refractivity contribution is 0.0292. The van der Waals surface area contributed by atoms with Gasteiger partial charge in [0.25, 0.3) is 0 Å². The lowest BCUT2D eigenvalue weighted by atomic mass is 10.0. The van der Waals surface area contributed by atoms with E-state index in [4.69, 9.17) is 9.97 Å². The summed E-state index contributed by atoms with van der Waals surface area (Å²) in [5.74, 6) is 0. The average molecular weight is 333 g/mol. The summed E-state index contributed by atoms with van der Waals surface area (Å²) < 4.78 is 0. The highest BCUT2D eigenvalue weighted by Gasteiger charge is 2.25. The van der Waals surface area contributed by atoms with Crippen LogP contribution < -0.4 is 5.23 Å². The van der Waals surface area contributed by atoms with E-state index in [1.54, 1.807) is 18.2 Å². The predicted molar refractivity (Wildman–Crippen MR) is 94.8 cm³/mol. The lowest BCUT2D eigenvalue weighted by Gasteiger charge is -2.09. The smallest absolute Gasteiger partial charge is 0.0980 e. The maximum atomic E-state index is 9.20. The van der Waals surface area contributed by atoms with Crippen LogP contribution in [-0.4, -0.2) is 20.4 Å². The van der Waals surface area contributed by atoms with Crippen molar-refractivity contribution in [3.05, 3.63) is 48.5 Å². The molecule has 0 bridgehead atoms. The minimum atomic E-state index is 0.0804. The molecule has 0 atom stereocenters. The van der Waals surface area contributed by atoms with Crippen molar-refractivity contribution < 1.29 is 10.4 Å².